The number of hydrogen-bond acceptors (Lipinski definition) is 6. The van der Waals surface area contributed by atoms with Gasteiger partial charge in [0.05, 0.1) is 0 Å². The Hall–Kier alpha value is -2.63. The first-order chi connectivity index (χ1) is 31.5. The summed E-state index contributed by atoms with van der Waals surface area (Å²) in [5.41, 5.74) is 0. The van der Waals surface area contributed by atoms with E-state index in [2.05, 4.69) is 69.4 Å². The van der Waals surface area contributed by atoms with Gasteiger partial charge in [0.15, 0.2) is 6.10 Å². The highest BCUT2D eigenvalue weighted by Gasteiger charge is 2.19. The Labute approximate surface area is 397 Å². The second-order valence-electron chi connectivity index (χ2n) is 18.5. The van der Waals surface area contributed by atoms with Gasteiger partial charge in [-0.05, 0) is 57.8 Å². The van der Waals surface area contributed by atoms with Crippen LogP contribution in [0.1, 0.15) is 284 Å². The van der Waals surface area contributed by atoms with E-state index < -0.39 is 6.10 Å². The molecule has 0 spiro atoms. The molecule has 0 amide bonds. The fraction of sp³-hybridized carbons (Fsp3) is 0.810. The van der Waals surface area contributed by atoms with Crippen LogP contribution in [0.15, 0.2) is 48.6 Å². The number of carbonyl (C=O) groups excluding carboxylic acids is 3. The molecule has 0 bridgehead atoms. The zero-order chi connectivity index (χ0) is 46.5. The van der Waals surface area contributed by atoms with Gasteiger partial charge in [0.25, 0.3) is 0 Å². The lowest BCUT2D eigenvalue weighted by atomic mass is 10.0. The van der Waals surface area contributed by atoms with Crippen molar-refractivity contribution in [1.82, 2.24) is 0 Å². The van der Waals surface area contributed by atoms with Gasteiger partial charge in [-0.1, -0.05) is 256 Å². The van der Waals surface area contributed by atoms with E-state index in [-0.39, 0.29) is 31.1 Å². The minimum atomic E-state index is -0.768. The summed E-state index contributed by atoms with van der Waals surface area (Å²) in [6.45, 7) is 6.49. The first kappa shape index (κ1) is 61.4. The monoisotopic (exact) mass is 897 g/mol. The van der Waals surface area contributed by atoms with Gasteiger partial charge in [-0.3, -0.25) is 14.4 Å². The highest BCUT2D eigenvalue weighted by atomic mass is 16.6. The van der Waals surface area contributed by atoms with Crippen molar-refractivity contribution in [2.45, 2.75) is 290 Å². The van der Waals surface area contributed by atoms with Gasteiger partial charge in [0.2, 0.25) is 0 Å². The standard InChI is InChI=1S/C58H104O6/c1-4-7-10-13-16-18-20-22-24-26-27-28-29-30-31-33-34-36-38-40-42-45-48-51-57(60)63-54-55(53-62-56(59)50-47-44-15-12-9-6-3)64-58(61)52-49-46-43-41-39-37-35-32-25-23-21-19-17-14-11-8-5-2/h7,10,16,18,22,24,27-28,55H,4-6,8-9,11-15,17,19-21,23,25-26,29-54H2,1-3H3/b10-7-,18-16-,24-22-,28-27-. The first-order valence-electron chi connectivity index (χ1n) is 27.6. The number of unbranched alkanes of at least 4 members (excludes halogenated alkanes) is 31. The van der Waals surface area contributed by atoms with Crippen molar-refractivity contribution in [3.05, 3.63) is 48.6 Å². The Balaban J connectivity index is 4.13. The fourth-order valence-corrected chi connectivity index (χ4v) is 7.96. The van der Waals surface area contributed by atoms with Gasteiger partial charge in [-0.15, -0.1) is 0 Å². The van der Waals surface area contributed by atoms with Gasteiger partial charge in [0, 0.05) is 19.3 Å². The molecule has 0 fully saturated rings. The number of carbonyl (C=O) groups is 3. The highest BCUT2D eigenvalue weighted by Crippen LogP contribution is 2.16. The summed E-state index contributed by atoms with van der Waals surface area (Å²) >= 11 is 0. The highest BCUT2D eigenvalue weighted by molar-refractivity contribution is 5.71. The summed E-state index contributed by atoms with van der Waals surface area (Å²) < 4.78 is 16.7. The molecule has 64 heavy (non-hydrogen) atoms. The first-order valence-corrected chi connectivity index (χ1v) is 27.6. The van der Waals surface area contributed by atoms with Crippen molar-refractivity contribution in [1.29, 1.82) is 0 Å². The molecule has 0 saturated heterocycles. The molecule has 1 unspecified atom stereocenters. The van der Waals surface area contributed by atoms with Crippen LogP contribution in [0, 0.1) is 0 Å². The van der Waals surface area contributed by atoms with Gasteiger partial charge < -0.3 is 14.2 Å². The Morgan fingerprint density at radius 3 is 0.953 bits per heavy atom. The lowest BCUT2D eigenvalue weighted by Crippen LogP contribution is -2.30. The van der Waals surface area contributed by atoms with Crippen LogP contribution in [0.25, 0.3) is 0 Å². The minimum Gasteiger partial charge on any atom is -0.462 e. The molecule has 1 atom stereocenters. The molecule has 0 aromatic heterocycles. The van der Waals surface area contributed by atoms with Crippen molar-refractivity contribution >= 4 is 17.9 Å². The van der Waals surface area contributed by atoms with Gasteiger partial charge in [0.1, 0.15) is 13.2 Å². The summed E-state index contributed by atoms with van der Waals surface area (Å²) in [5, 5.41) is 0. The molecule has 6 nitrogen and oxygen atoms in total. The van der Waals surface area contributed by atoms with Crippen molar-refractivity contribution in [2.24, 2.45) is 0 Å². The molecule has 0 saturated carbocycles. The summed E-state index contributed by atoms with van der Waals surface area (Å²) in [4.78, 5) is 37.8. The smallest absolute Gasteiger partial charge is 0.306 e. The molecule has 0 aromatic rings. The molecule has 0 rings (SSSR count). The zero-order valence-corrected chi connectivity index (χ0v) is 42.6. The van der Waals surface area contributed by atoms with Crippen LogP contribution in [0.5, 0.6) is 0 Å². The average molecular weight is 897 g/mol. The largest absolute Gasteiger partial charge is 0.462 e. The Bertz CT molecular complexity index is 1120. The Morgan fingerprint density at radius 2 is 0.609 bits per heavy atom. The van der Waals surface area contributed by atoms with E-state index in [4.69, 9.17) is 14.2 Å². The molecule has 0 aliphatic heterocycles. The lowest BCUT2D eigenvalue weighted by Gasteiger charge is -2.18. The molecule has 6 heteroatoms. The van der Waals surface area contributed by atoms with E-state index >= 15 is 0 Å². The number of rotatable bonds is 50. The topological polar surface area (TPSA) is 78.9 Å². The molecule has 0 aliphatic carbocycles. The quantitative estimate of drug-likeness (QED) is 0.0262. The van der Waals surface area contributed by atoms with Crippen LogP contribution in [0.2, 0.25) is 0 Å². The summed E-state index contributed by atoms with van der Waals surface area (Å²) in [5.74, 6) is -0.873. The third-order valence-electron chi connectivity index (χ3n) is 12.1. The summed E-state index contributed by atoms with van der Waals surface area (Å²) in [6.07, 6.45) is 64.1. The molecule has 0 N–H and O–H groups in total. The van der Waals surface area contributed by atoms with E-state index in [0.29, 0.717) is 19.3 Å². The van der Waals surface area contributed by atoms with Crippen LogP contribution in [-0.4, -0.2) is 37.2 Å². The molecule has 0 aliphatic rings. The van der Waals surface area contributed by atoms with E-state index in [1.807, 2.05) is 0 Å². The molecule has 0 aromatic carbocycles. The SMILES string of the molecule is CC/C=C\C/C=C\C/C=C\C/C=C\CCCCCCCCCCCCC(=O)OCC(COC(=O)CCCCCCCC)OC(=O)CCCCCCCCCCCCCCCCCCC. The van der Waals surface area contributed by atoms with Gasteiger partial charge in [-0.25, -0.2) is 0 Å². The van der Waals surface area contributed by atoms with Crippen molar-refractivity contribution in [2.75, 3.05) is 13.2 Å². The third-order valence-corrected chi connectivity index (χ3v) is 12.1. The maximum atomic E-state index is 12.8. The molecule has 0 radical (unpaired) electrons. The average Bonchev–Trinajstić information content (AvgIpc) is 3.29. The second kappa shape index (κ2) is 53.0. The Morgan fingerprint density at radius 1 is 0.328 bits per heavy atom. The third kappa shape index (κ3) is 50.4. The van der Waals surface area contributed by atoms with Gasteiger partial charge in [-0.2, -0.15) is 0 Å². The summed E-state index contributed by atoms with van der Waals surface area (Å²) in [7, 11) is 0. The van der Waals surface area contributed by atoms with Crippen molar-refractivity contribution in [3.63, 3.8) is 0 Å². The van der Waals surface area contributed by atoms with E-state index in [9.17, 15) is 14.4 Å². The predicted molar refractivity (Wildman–Crippen MR) is 275 cm³/mol. The van der Waals surface area contributed by atoms with E-state index in [1.165, 1.54) is 161 Å². The predicted octanol–water partition coefficient (Wildman–Crippen LogP) is 18.3. The number of ether oxygens (including phenoxy) is 3. The van der Waals surface area contributed by atoms with Crippen molar-refractivity contribution < 1.29 is 28.6 Å². The maximum absolute atomic E-state index is 12.8. The summed E-state index contributed by atoms with van der Waals surface area (Å²) in [6, 6.07) is 0. The minimum absolute atomic E-state index is 0.0714. The van der Waals surface area contributed by atoms with Crippen LogP contribution < -0.4 is 0 Å². The fourth-order valence-electron chi connectivity index (χ4n) is 7.96. The van der Waals surface area contributed by atoms with Crippen LogP contribution in [0.4, 0.5) is 0 Å². The number of esters is 3. The van der Waals surface area contributed by atoms with E-state index in [0.717, 1.165) is 83.5 Å². The van der Waals surface area contributed by atoms with Crippen LogP contribution in [-0.2, 0) is 28.6 Å². The van der Waals surface area contributed by atoms with E-state index in [1.54, 1.807) is 0 Å². The molecular weight excluding hydrogens is 793 g/mol. The van der Waals surface area contributed by atoms with Crippen molar-refractivity contribution in [3.8, 4) is 0 Å². The number of allylic oxidation sites excluding steroid dienone is 8. The second-order valence-corrected chi connectivity index (χ2v) is 18.5. The van der Waals surface area contributed by atoms with Gasteiger partial charge >= 0.3 is 17.9 Å². The lowest BCUT2D eigenvalue weighted by molar-refractivity contribution is -0.167. The molecular formula is C58H104O6. The van der Waals surface area contributed by atoms with Crippen LogP contribution >= 0.6 is 0 Å². The zero-order valence-electron chi connectivity index (χ0n) is 42.6. The Kier molecular flexibility index (Phi) is 50.8. The number of hydrogen-bond donors (Lipinski definition) is 0. The molecule has 0 heterocycles. The normalized spacial score (nSPS) is 12.4. The maximum Gasteiger partial charge on any atom is 0.306 e. The van der Waals surface area contributed by atoms with Crippen LogP contribution in [0.3, 0.4) is 0 Å². The molecule has 372 valence electrons.